The first-order chi connectivity index (χ1) is 15.8. The van der Waals surface area contributed by atoms with Crippen molar-refractivity contribution in [2.45, 2.75) is 0 Å². The Balaban J connectivity index is 1.55. The minimum absolute atomic E-state index is 0.844. The van der Waals surface area contributed by atoms with Gasteiger partial charge in [-0.3, -0.25) is 0 Å². The molecule has 0 saturated heterocycles. The number of benzene rings is 3. The van der Waals surface area contributed by atoms with Crippen LogP contribution in [0.4, 0.5) is 0 Å². The predicted molar refractivity (Wildman–Crippen MR) is 137 cm³/mol. The van der Waals surface area contributed by atoms with Crippen LogP contribution in [0.2, 0.25) is 0 Å². The van der Waals surface area contributed by atoms with Crippen molar-refractivity contribution >= 4 is 22.7 Å². The van der Waals surface area contributed by atoms with Crippen LogP contribution >= 0.6 is 22.7 Å². The highest BCUT2D eigenvalue weighted by molar-refractivity contribution is 7.19. The average Bonchev–Trinajstić information content (AvgIpc) is 3.55. The lowest BCUT2D eigenvalue weighted by Crippen LogP contribution is -1.92. The van der Waals surface area contributed by atoms with Gasteiger partial charge in [-0.2, -0.15) is 0 Å². The molecule has 3 aromatic carbocycles. The summed E-state index contributed by atoms with van der Waals surface area (Å²) >= 11 is 3.52. The fourth-order valence-corrected chi connectivity index (χ4v) is 5.83. The van der Waals surface area contributed by atoms with Crippen molar-refractivity contribution in [3.05, 3.63) is 97.1 Å². The van der Waals surface area contributed by atoms with Crippen molar-refractivity contribution in [3.8, 4) is 53.3 Å². The molecule has 0 amide bonds. The van der Waals surface area contributed by atoms with Gasteiger partial charge in [-0.05, 0) is 47.5 Å². The molecule has 0 aliphatic carbocycles. The number of ether oxygens (including phenoxy) is 2. The molecule has 2 nitrogen and oxygen atoms in total. The van der Waals surface area contributed by atoms with E-state index in [4.69, 9.17) is 9.47 Å². The quantitative estimate of drug-likeness (QED) is 0.256. The summed E-state index contributed by atoms with van der Waals surface area (Å²) in [5.74, 6) is 1.69. The van der Waals surface area contributed by atoms with E-state index in [-0.39, 0.29) is 0 Å². The third kappa shape index (κ3) is 3.95. The molecule has 32 heavy (non-hydrogen) atoms. The van der Waals surface area contributed by atoms with Crippen molar-refractivity contribution < 1.29 is 9.47 Å². The van der Waals surface area contributed by atoms with E-state index < -0.39 is 0 Å². The van der Waals surface area contributed by atoms with Gasteiger partial charge in [0, 0.05) is 30.6 Å². The van der Waals surface area contributed by atoms with Gasteiger partial charge in [-0.15, -0.1) is 22.7 Å². The van der Waals surface area contributed by atoms with E-state index in [0.717, 1.165) is 32.4 Å². The van der Waals surface area contributed by atoms with Gasteiger partial charge in [-0.25, -0.2) is 0 Å². The summed E-state index contributed by atoms with van der Waals surface area (Å²) in [5.41, 5.74) is 4.52. The zero-order chi connectivity index (χ0) is 21.9. The monoisotopic (exact) mass is 454 g/mol. The summed E-state index contributed by atoms with van der Waals surface area (Å²) in [6.45, 7) is 0. The molecular weight excluding hydrogens is 432 g/mol. The number of hydrogen-bond acceptors (Lipinski definition) is 4. The van der Waals surface area contributed by atoms with Crippen molar-refractivity contribution in [3.63, 3.8) is 0 Å². The van der Waals surface area contributed by atoms with Crippen molar-refractivity contribution in [1.82, 2.24) is 0 Å². The zero-order valence-corrected chi connectivity index (χ0v) is 19.5. The molecule has 158 valence electrons. The zero-order valence-electron chi connectivity index (χ0n) is 17.9. The minimum atomic E-state index is 0.844. The molecule has 0 aliphatic rings. The van der Waals surface area contributed by atoms with Crippen LogP contribution in [0.25, 0.3) is 41.8 Å². The Labute approximate surface area is 196 Å². The Kier molecular flexibility index (Phi) is 5.80. The van der Waals surface area contributed by atoms with E-state index >= 15 is 0 Å². The molecule has 5 rings (SSSR count). The molecule has 2 aromatic heterocycles. The normalized spacial score (nSPS) is 10.8. The standard InChI is InChI=1S/C28H22O2S2/c1-29-23-17-22(28-16-14-26(32-28)20-11-7-4-8-12-20)24(30-2)18-21(23)27-15-13-25(31-27)19-9-5-3-6-10-19/h3-18H,1-2H3. The third-order valence-electron chi connectivity index (χ3n) is 5.38. The highest BCUT2D eigenvalue weighted by atomic mass is 32.1. The van der Waals surface area contributed by atoms with E-state index in [9.17, 15) is 0 Å². The molecule has 0 radical (unpaired) electrons. The van der Waals surface area contributed by atoms with Gasteiger partial charge in [0.1, 0.15) is 11.5 Å². The van der Waals surface area contributed by atoms with Crippen LogP contribution in [-0.4, -0.2) is 14.2 Å². The van der Waals surface area contributed by atoms with Crippen LogP contribution in [0.5, 0.6) is 11.5 Å². The molecule has 0 aliphatic heterocycles. The van der Waals surface area contributed by atoms with Gasteiger partial charge in [-0.1, -0.05) is 60.7 Å². The van der Waals surface area contributed by atoms with Gasteiger partial charge in [0.2, 0.25) is 0 Å². The lowest BCUT2D eigenvalue weighted by molar-refractivity contribution is 0.406. The van der Waals surface area contributed by atoms with E-state index in [1.165, 1.54) is 20.9 Å². The first kappa shape index (κ1) is 20.6. The minimum Gasteiger partial charge on any atom is -0.496 e. The first-order valence-corrected chi connectivity index (χ1v) is 12.0. The second-order valence-corrected chi connectivity index (χ2v) is 9.48. The Morgan fingerprint density at radius 1 is 0.469 bits per heavy atom. The highest BCUT2D eigenvalue weighted by Crippen LogP contribution is 2.46. The molecule has 2 heterocycles. The summed E-state index contributed by atoms with van der Waals surface area (Å²) in [6.07, 6.45) is 0. The fraction of sp³-hybridized carbons (Fsp3) is 0.0714. The van der Waals surface area contributed by atoms with Crippen LogP contribution in [-0.2, 0) is 0 Å². The summed E-state index contributed by atoms with van der Waals surface area (Å²) in [5, 5.41) is 0. The number of methoxy groups -OCH3 is 2. The first-order valence-electron chi connectivity index (χ1n) is 10.3. The maximum atomic E-state index is 5.82. The number of rotatable bonds is 6. The molecule has 4 heteroatoms. The van der Waals surface area contributed by atoms with E-state index in [2.05, 4.69) is 84.9 Å². The molecular formula is C28H22O2S2. The molecule has 0 unspecified atom stereocenters. The fourth-order valence-electron chi connectivity index (χ4n) is 3.76. The Morgan fingerprint density at radius 3 is 1.22 bits per heavy atom. The van der Waals surface area contributed by atoms with Crippen LogP contribution in [0.1, 0.15) is 0 Å². The number of thiophene rings is 2. The largest absolute Gasteiger partial charge is 0.496 e. The van der Waals surface area contributed by atoms with Crippen LogP contribution in [0, 0.1) is 0 Å². The molecule has 0 saturated carbocycles. The van der Waals surface area contributed by atoms with Gasteiger partial charge in [0.25, 0.3) is 0 Å². The molecule has 0 fully saturated rings. The SMILES string of the molecule is COc1cc(-c2ccc(-c3ccccc3)s2)c(OC)cc1-c1ccc(-c2ccccc2)s1. The van der Waals surface area contributed by atoms with E-state index in [1.807, 2.05) is 12.1 Å². The van der Waals surface area contributed by atoms with Gasteiger partial charge in [0.05, 0.1) is 14.2 Å². The smallest absolute Gasteiger partial charge is 0.128 e. The molecule has 0 bridgehead atoms. The second kappa shape index (κ2) is 9.03. The average molecular weight is 455 g/mol. The lowest BCUT2D eigenvalue weighted by atomic mass is 10.1. The summed E-state index contributed by atoms with van der Waals surface area (Å²) < 4.78 is 11.6. The molecule has 0 spiro atoms. The van der Waals surface area contributed by atoms with Crippen molar-refractivity contribution in [2.24, 2.45) is 0 Å². The van der Waals surface area contributed by atoms with Gasteiger partial charge >= 0.3 is 0 Å². The Bertz CT molecular complexity index is 1230. The number of hydrogen-bond donors (Lipinski definition) is 0. The molecule has 0 atom stereocenters. The Hall–Kier alpha value is -3.34. The van der Waals surface area contributed by atoms with Crippen LogP contribution in [0.3, 0.4) is 0 Å². The highest BCUT2D eigenvalue weighted by Gasteiger charge is 2.17. The molecule has 5 aromatic rings. The summed E-state index contributed by atoms with van der Waals surface area (Å²) in [7, 11) is 3.45. The lowest BCUT2D eigenvalue weighted by Gasteiger charge is -2.13. The molecule has 0 N–H and O–H groups in total. The van der Waals surface area contributed by atoms with Crippen LogP contribution < -0.4 is 9.47 Å². The maximum Gasteiger partial charge on any atom is 0.128 e. The van der Waals surface area contributed by atoms with Crippen molar-refractivity contribution in [2.75, 3.05) is 14.2 Å². The van der Waals surface area contributed by atoms with E-state index in [0.29, 0.717) is 0 Å². The van der Waals surface area contributed by atoms with E-state index in [1.54, 1.807) is 36.9 Å². The second-order valence-electron chi connectivity index (χ2n) is 7.31. The predicted octanol–water partition coefficient (Wildman–Crippen LogP) is 8.49. The maximum absolute atomic E-state index is 5.82. The van der Waals surface area contributed by atoms with Gasteiger partial charge in [0.15, 0.2) is 0 Å². The summed E-state index contributed by atoms with van der Waals surface area (Å²) in [4.78, 5) is 4.77. The third-order valence-corrected chi connectivity index (χ3v) is 7.72. The summed E-state index contributed by atoms with van der Waals surface area (Å²) in [6, 6.07) is 33.7. The Morgan fingerprint density at radius 2 is 0.844 bits per heavy atom. The van der Waals surface area contributed by atoms with Crippen molar-refractivity contribution in [1.29, 1.82) is 0 Å². The van der Waals surface area contributed by atoms with Gasteiger partial charge < -0.3 is 9.47 Å². The topological polar surface area (TPSA) is 18.5 Å². The van der Waals surface area contributed by atoms with Crippen LogP contribution in [0.15, 0.2) is 97.1 Å².